The Morgan fingerprint density at radius 3 is 2.81 bits per heavy atom. The van der Waals surface area contributed by atoms with Crippen molar-refractivity contribution >= 4 is 9.84 Å². The smallest absolute Gasteiger partial charge is 0.153 e. The maximum Gasteiger partial charge on any atom is 0.153 e. The van der Waals surface area contributed by atoms with E-state index in [2.05, 4.69) is 4.90 Å². The average Bonchev–Trinajstić information content (AvgIpc) is 2.18. The van der Waals surface area contributed by atoms with E-state index in [9.17, 15) is 8.42 Å². The number of hydrogen-bond donors (Lipinski definition) is 1. The fraction of sp³-hybridized carbons (Fsp3) is 1.00. The van der Waals surface area contributed by atoms with Crippen LogP contribution in [0.5, 0.6) is 0 Å². The highest BCUT2D eigenvalue weighted by Crippen LogP contribution is 2.11. The van der Waals surface area contributed by atoms with E-state index in [0.717, 1.165) is 13.0 Å². The second kappa shape index (κ2) is 5.95. The molecule has 0 spiro atoms. The molecule has 1 heterocycles. The molecular weight excluding hydrogens is 228 g/mol. The van der Waals surface area contributed by atoms with Gasteiger partial charge in [-0.3, -0.25) is 4.90 Å². The number of sulfone groups is 1. The summed E-state index contributed by atoms with van der Waals surface area (Å²) >= 11 is 0. The standard InChI is InChI=1S/C10H22N2O3S/c1-9-8-16(13,14)6-4-12(9)7-10(11)3-5-15-2/h9-10H,3-8,11H2,1-2H3. The van der Waals surface area contributed by atoms with E-state index in [1.165, 1.54) is 0 Å². The van der Waals surface area contributed by atoms with Crippen molar-refractivity contribution < 1.29 is 13.2 Å². The number of rotatable bonds is 5. The van der Waals surface area contributed by atoms with Gasteiger partial charge in [0.25, 0.3) is 0 Å². The van der Waals surface area contributed by atoms with Crippen LogP contribution in [0.15, 0.2) is 0 Å². The summed E-state index contributed by atoms with van der Waals surface area (Å²) < 4.78 is 27.7. The molecule has 1 saturated heterocycles. The van der Waals surface area contributed by atoms with E-state index in [4.69, 9.17) is 10.5 Å². The van der Waals surface area contributed by atoms with Gasteiger partial charge < -0.3 is 10.5 Å². The van der Waals surface area contributed by atoms with Crippen LogP contribution in [0.4, 0.5) is 0 Å². The summed E-state index contributed by atoms with van der Waals surface area (Å²) in [4.78, 5) is 2.15. The average molecular weight is 250 g/mol. The predicted octanol–water partition coefficient (Wildman–Crippen LogP) is -0.531. The van der Waals surface area contributed by atoms with E-state index < -0.39 is 9.84 Å². The van der Waals surface area contributed by atoms with Gasteiger partial charge in [0.1, 0.15) is 0 Å². The minimum Gasteiger partial charge on any atom is -0.385 e. The molecule has 2 N–H and O–H groups in total. The number of methoxy groups -OCH3 is 1. The lowest BCUT2D eigenvalue weighted by atomic mass is 10.2. The largest absolute Gasteiger partial charge is 0.385 e. The van der Waals surface area contributed by atoms with E-state index in [0.29, 0.717) is 13.2 Å². The van der Waals surface area contributed by atoms with Crippen molar-refractivity contribution in [3.63, 3.8) is 0 Å². The Morgan fingerprint density at radius 2 is 2.25 bits per heavy atom. The molecule has 1 rings (SSSR count). The third-order valence-electron chi connectivity index (χ3n) is 2.97. The third-order valence-corrected chi connectivity index (χ3v) is 4.76. The minimum absolute atomic E-state index is 0.0585. The van der Waals surface area contributed by atoms with E-state index in [1.807, 2.05) is 6.92 Å². The third kappa shape index (κ3) is 4.37. The van der Waals surface area contributed by atoms with Crippen LogP contribution in [0.3, 0.4) is 0 Å². The maximum atomic E-state index is 11.4. The van der Waals surface area contributed by atoms with Crippen molar-refractivity contribution in [1.29, 1.82) is 0 Å². The lowest BCUT2D eigenvalue weighted by molar-refractivity contribution is 0.165. The number of nitrogens with two attached hydrogens (primary N) is 1. The molecule has 0 aromatic heterocycles. The van der Waals surface area contributed by atoms with Gasteiger partial charge in [-0.15, -0.1) is 0 Å². The predicted molar refractivity (Wildman–Crippen MR) is 64.2 cm³/mol. The number of nitrogens with zero attached hydrogens (tertiary/aromatic N) is 1. The summed E-state index contributed by atoms with van der Waals surface area (Å²) in [5.41, 5.74) is 5.95. The summed E-state index contributed by atoms with van der Waals surface area (Å²) in [6.45, 7) is 3.95. The highest BCUT2D eigenvalue weighted by atomic mass is 32.2. The van der Waals surface area contributed by atoms with Gasteiger partial charge in [0, 0.05) is 38.9 Å². The molecule has 5 nitrogen and oxygen atoms in total. The molecule has 1 aliphatic rings. The molecule has 0 bridgehead atoms. The lowest BCUT2D eigenvalue weighted by Gasteiger charge is -2.34. The van der Waals surface area contributed by atoms with Gasteiger partial charge in [0.05, 0.1) is 11.5 Å². The van der Waals surface area contributed by atoms with Crippen molar-refractivity contribution in [2.45, 2.75) is 25.4 Å². The topological polar surface area (TPSA) is 72.6 Å². The molecule has 0 aromatic rings. The summed E-state index contributed by atoms with van der Waals surface area (Å²) in [6, 6.07) is 0.135. The van der Waals surface area contributed by atoms with Crippen LogP contribution >= 0.6 is 0 Å². The Bertz CT molecular complexity index is 305. The molecular formula is C10H22N2O3S. The molecule has 0 amide bonds. The van der Waals surface area contributed by atoms with Crippen molar-refractivity contribution in [1.82, 2.24) is 4.90 Å². The highest BCUT2D eigenvalue weighted by Gasteiger charge is 2.28. The molecule has 16 heavy (non-hydrogen) atoms. The molecule has 96 valence electrons. The Hall–Kier alpha value is -0.170. The summed E-state index contributed by atoms with van der Waals surface area (Å²) in [6.07, 6.45) is 0.812. The van der Waals surface area contributed by atoms with Gasteiger partial charge in [-0.25, -0.2) is 8.42 Å². The minimum atomic E-state index is -2.82. The molecule has 0 saturated carbocycles. The summed E-state index contributed by atoms with van der Waals surface area (Å²) in [5.74, 6) is 0.512. The molecule has 0 aromatic carbocycles. The van der Waals surface area contributed by atoms with Gasteiger partial charge in [-0.2, -0.15) is 0 Å². The molecule has 2 atom stereocenters. The van der Waals surface area contributed by atoms with E-state index in [-0.39, 0.29) is 23.6 Å². The zero-order valence-corrected chi connectivity index (χ0v) is 10.9. The lowest BCUT2D eigenvalue weighted by Crippen LogP contribution is -2.51. The molecule has 0 aliphatic carbocycles. The van der Waals surface area contributed by atoms with Crippen LogP contribution < -0.4 is 5.73 Å². The monoisotopic (exact) mass is 250 g/mol. The van der Waals surface area contributed by atoms with Gasteiger partial charge in [-0.1, -0.05) is 0 Å². The quantitative estimate of drug-likeness (QED) is 0.710. The first kappa shape index (κ1) is 13.9. The Labute approximate surface area is 97.9 Å². The zero-order valence-electron chi connectivity index (χ0n) is 10.1. The van der Waals surface area contributed by atoms with Crippen molar-refractivity contribution in [2.75, 3.05) is 38.3 Å². The van der Waals surface area contributed by atoms with E-state index in [1.54, 1.807) is 7.11 Å². The first-order valence-corrected chi connectivity index (χ1v) is 7.46. The Balaban J connectivity index is 2.38. The van der Waals surface area contributed by atoms with Crippen LogP contribution in [0.1, 0.15) is 13.3 Å². The van der Waals surface area contributed by atoms with Crippen molar-refractivity contribution in [2.24, 2.45) is 5.73 Å². The SMILES string of the molecule is COCCC(N)CN1CCS(=O)(=O)CC1C. The van der Waals surface area contributed by atoms with E-state index >= 15 is 0 Å². The second-order valence-corrected chi connectivity index (χ2v) is 6.73. The van der Waals surface area contributed by atoms with Crippen LogP contribution in [0.25, 0.3) is 0 Å². The van der Waals surface area contributed by atoms with Gasteiger partial charge in [-0.05, 0) is 13.3 Å². The molecule has 6 heteroatoms. The normalized spacial score (nSPS) is 27.8. The molecule has 1 fully saturated rings. The number of hydrogen-bond acceptors (Lipinski definition) is 5. The fourth-order valence-corrected chi connectivity index (χ4v) is 3.59. The molecule has 1 aliphatic heterocycles. The van der Waals surface area contributed by atoms with Gasteiger partial charge in [0.15, 0.2) is 9.84 Å². The van der Waals surface area contributed by atoms with Crippen LogP contribution in [-0.2, 0) is 14.6 Å². The number of ether oxygens (including phenoxy) is 1. The highest BCUT2D eigenvalue weighted by molar-refractivity contribution is 7.91. The Morgan fingerprint density at radius 1 is 1.56 bits per heavy atom. The molecule has 2 unspecified atom stereocenters. The fourth-order valence-electron chi connectivity index (χ4n) is 1.97. The summed E-state index contributed by atoms with van der Waals surface area (Å²) in [5, 5.41) is 0. The second-order valence-electron chi connectivity index (χ2n) is 4.50. The zero-order chi connectivity index (χ0) is 12.2. The van der Waals surface area contributed by atoms with Crippen LogP contribution in [0, 0.1) is 0 Å². The van der Waals surface area contributed by atoms with Gasteiger partial charge >= 0.3 is 0 Å². The van der Waals surface area contributed by atoms with Crippen LogP contribution in [0.2, 0.25) is 0 Å². The summed E-state index contributed by atoms with van der Waals surface area (Å²) in [7, 11) is -1.17. The van der Waals surface area contributed by atoms with Gasteiger partial charge in [0.2, 0.25) is 0 Å². The van der Waals surface area contributed by atoms with Crippen molar-refractivity contribution in [3.05, 3.63) is 0 Å². The first-order chi connectivity index (χ1) is 7.44. The van der Waals surface area contributed by atoms with Crippen LogP contribution in [-0.4, -0.2) is 63.7 Å². The molecule has 0 radical (unpaired) electrons. The Kier molecular flexibility index (Phi) is 5.17. The maximum absolute atomic E-state index is 11.4. The van der Waals surface area contributed by atoms with Crippen molar-refractivity contribution in [3.8, 4) is 0 Å². The first-order valence-electron chi connectivity index (χ1n) is 5.63.